The summed E-state index contributed by atoms with van der Waals surface area (Å²) < 4.78 is 189. The highest BCUT2D eigenvalue weighted by molar-refractivity contribution is 7.93. The number of alkyl halides is 9. The molecule has 12 aromatic rings. The molecule has 0 saturated carbocycles. The molecule has 0 spiro atoms. The Morgan fingerprint density at radius 3 is 1.30 bits per heavy atom. The number of nitrogens with two attached hydrogens (primary N) is 1. The normalized spacial score (nSPS) is 12.2. The van der Waals surface area contributed by atoms with Gasteiger partial charge in [0.2, 0.25) is 20.0 Å². The number of aromatic nitrogens is 6. The maximum Gasteiger partial charge on any atom is 0.516 e. The van der Waals surface area contributed by atoms with Crippen LogP contribution in [-0.4, -0.2) is 72.7 Å². The van der Waals surface area contributed by atoms with Crippen molar-refractivity contribution in [3.63, 3.8) is 0 Å². The molecule has 3 heterocycles. The number of sulfonamides is 3. The number of fused-ring (bicyclic) bond motifs is 3. The SMILES string of the molecule is CC(=O)c1ccccc1-c1ccc2nc(CCc3ccc(NS(C)(=O)=O)cc3)[nH]c2c1.NS(=O)(=O)c1ccccc1-c1ccc2nc(CCc3cccc(C(F)(F)F)c3)[nH]c2c1.O=S(=O)(Nc1ccccc1-c1ccc2nc(CCc3cccc(C(F)(F)F)c3)[nH]c2c1)C(F)(F)F. The number of primary sulfonamides is 1. The van der Waals surface area contributed by atoms with Gasteiger partial charge in [0.05, 0.1) is 61.1 Å². The molecular formula is C69H58F9N9O7S3. The molecule has 0 unspecified atom stereocenters. The molecule has 9 aromatic carbocycles. The molecule has 0 saturated heterocycles. The number of aromatic amines is 3. The van der Waals surface area contributed by atoms with Gasteiger partial charge in [-0.3, -0.25) is 14.2 Å². The number of carbonyl (C=O) groups excluding carboxylic acids is 1. The third-order valence-electron chi connectivity index (χ3n) is 15.2. The summed E-state index contributed by atoms with van der Waals surface area (Å²) in [6.07, 6.45) is -4.72. The first-order valence-electron chi connectivity index (χ1n) is 29.5. The number of rotatable bonds is 18. The van der Waals surface area contributed by atoms with Crippen LogP contribution in [0.25, 0.3) is 66.5 Å². The second-order valence-electron chi connectivity index (χ2n) is 22.5. The van der Waals surface area contributed by atoms with Crippen molar-refractivity contribution in [3.8, 4) is 33.4 Å². The summed E-state index contributed by atoms with van der Waals surface area (Å²) >= 11 is 0. The van der Waals surface area contributed by atoms with Gasteiger partial charge in [0.1, 0.15) is 17.5 Å². The molecule has 0 atom stereocenters. The molecule has 0 aliphatic carbocycles. The summed E-state index contributed by atoms with van der Waals surface area (Å²) in [5.41, 5.74) is 4.23. The molecule has 502 valence electrons. The van der Waals surface area contributed by atoms with Gasteiger partial charge in [0.15, 0.2) is 5.78 Å². The van der Waals surface area contributed by atoms with Crippen LogP contribution in [-0.2, 0) is 80.9 Å². The van der Waals surface area contributed by atoms with Gasteiger partial charge in [-0.25, -0.2) is 36.9 Å². The lowest BCUT2D eigenvalue weighted by Crippen LogP contribution is -2.30. The van der Waals surface area contributed by atoms with Crippen molar-refractivity contribution in [1.29, 1.82) is 0 Å². The van der Waals surface area contributed by atoms with Gasteiger partial charge in [-0.05, 0) is 138 Å². The second-order valence-corrected chi connectivity index (χ2v) is 27.4. The molecule has 0 aliphatic rings. The Hall–Kier alpha value is -10.2. The fourth-order valence-corrected chi connectivity index (χ4v) is 12.5. The Morgan fingerprint density at radius 2 is 0.856 bits per heavy atom. The van der Waals surface area contributed by atoms with Gasteiger partial charge >= 0.3 is 27.9 Å². The van der Waals surface area contributed by atoms with E-state index in [2.05, 4.69) is 34.6 Å². The number of imidazole rings is 3. The monoisotopic (exact) mass is 1390 g/mol. The Balaban J connectivity index is 0.000000158. The Kier molecular flexibility index (Phi) is 20.3. The summed E-state index contributed by atoms with van der Waals surface area (Å²) in [7, 11) is -12.8. The number of halogens is 9. The highest BCUT2D eigenvalue weighted by Gasteiger charge is 2.46. The third kappa shape index (κ3) is 17.9. The van der Waals surface area contributed by atoms with E-state index >= 15 is 0 Å². The largest absolute Gasteiger partial charge is 0.516 e. The number of anilines is 2. The average molecular weight is 1390 g/mol. The molecule has 97 heavy (non-hydrogen) atoms. The Labute approximate surface area is 550 Å². The summed E-state index contributed by atoms with van der Waals surface area (Å²) in [5, 5.41) is 5.33. The van der Waals surface area contributed by atoms with E-state index in [1.165, 1.54) is 36.4 Å². The molecule has 3 aromatic heterocycles. The molecule has 12 rings (SSSR count). The van der Waals surface area contributed by atoms with Gasteiger partial charge in [-0.2, -0.15) is 47.9 Å². The third-order valence-corrected chi connectivity index (χ3v) is 17.9. The highest BCUT2D eigenvalue weighted by atomic mass is 32.2. The number of hydrogen-bond acceptors (Lipinski definition) is 10. The molecule has 0 radical (unpaired) electrons. The minimum atomic E-state index is -5.61. The quantitative estimate of drug-likeness (QED) is 0.0350. The predicted molar refractivity (Wildman–Crippen MR) is 355 cm³/mol. The van der Waals surface area contributed by atoms with Crippen LogP contribution >= 0.6 is 0 Å². The van der Waals surface area contributed by atoms with E-state index in [0.29, 0.717) is 98.5 Å². The molecular weight excluding hydrogens is 1330 g/mol. The number of carbonyl (C=O) groups is 1. The lowest BCUT2D eigenvalue weighted by molar-refractivity contribution is -0.138. The zero-order valence-electron chi connectivity index (χ0n) is 51.2. The standard InChI is InChI=1S/C24H23N3O3S.C23H17F6N3O2S.C22H18F3N3O2S/c1-16(28)20-5-3-4-6-21(20)18-10-13-22-23(15-18)26-24(25-22)14-9-17-7-11-19(12-8-17)27-31(2,29)30;24-22(25,26)16-5-3-4-14(12-16)8-11-21-30-19-10-9-15(13-20(19)31-21)17-6-1-2-7-18(17)32-35(33,34)23(27,28)29;23-22(24,25)16-5-3-4-14(12-16)8-11-21-27-18-10-9-15(13-19(18)28-21)17-6-1-2-7-20(17)31(26,29)30/h3-8,10-13,15,27H,9,14H2,1-2H3,(H,25,26);1-7,9-10,12-13,32H,8,11H2,(H,30,31);1-7,9-10,12-13H,8,11H2,(H,27,28)(H2,26,29,30). The summed E-state index contributed by atoms with van der Waals surface area (Å²) in [5.74, 6) is 2.06. The fraction of sp³-hybridized carbons (Fsp3) is 0.159. The fourth-order valence-electron chi connectivity index (χ4n) is 10.6. The van der Waals surface area contributed by atoms with Crippen molar-refractivity contribution in [1.82, 2.24) is 29.9 Å². The lowest BCUT2D eigenvalue weighted by atomic mass is 9.97. The summed E-state index contributed by atoms with van der Waals surface area (Å²) in [6.45, 7) is 1.58. The number of para-hydroxylation sites is 1. The molecule has 0 fully saturated rings. The number of hydrogen-bond donors (Lipinski definition) is 6. The van der Waals surface area contributed by atoms with Gasteiger partial charge in [0, 0.05) is 41.6 Å². The smallest absolute Gasteiger partial charge is 0.342 e. The van der Waals surface area contributed by atoms with Crippen molar-refractivity contribution in [2.24, 2.45) is 5.14 Å². The van der Waals surface area contributed by atoms with E-state index in [-0.39, 0.29) is 21.9 Å². The van der Waals surface area contributed by atoms with E-state index in [4.69, 9.17) is 5.14 Å². The molecule has 0 amide bonds. The zero-order chi connectivity index (χ0) is 69.7. The molecule has 28 heteroatoms. The predicted octanol–water partition coefficient (Wildman–Crippen LogP) is 15.6. The zero-order valence-corrected chi connectivity index (χ0v) is 53.6. The first-order valence-corrected chi connectivity index (χ1v) is 34.4. The van der Waals surface area contributed by atoms with Crippen LogP contribution in [0.3, 0.4) is 0 Å². The summed E-state index contributed by atoms with van der Waals surface area (Å²) in [4.78, 5) is 35.2. The van der Waals surface area contributed by atoms with Crippen LogP contribution in [0.5, 0.6) is 0 Å². The van der Waals surface area contributed by atoms with E-state index < -0.39 is 59.1 Å². The average Bonchev–Trinajstić information content (AvgIpc) is 1.78. The van der Waals surface area contributed by atoms with Crippen molar-refractivity contribution in [2.45, 2.75) is 68.2 Å². The van der Waals surface area contributed by atoms with Gasteiger partial charge < -0.3 is 15.0 Å². The van der Waals surface area contributed by atoms with Crippen LogP contribution in [0, 0.1) is 0 Å². The maximum absolute atomic E-state index is 12.9. The van der Waals surface area contributed by atoms with E-state index in [0.717, 1.165) is 76.9 Å². The first-order chi connectivity index (χ1) is 45.7. The topological polar surface area (TPSA) is 256 Å². The lowest BCUT2D eigenvalue weighted by Gasteiger charge is -2.14. The van der Waals surface area contributed by atoms with E-state index in [1.54, 1.807) is 96.6 Å². The second kappa shape index (κ2) is 28.3. The van der Waals surface area contributed by atoms with Crippen molar-refractivity contribution < 1.29 is 69.6 Å². The van der Waals surface area contributed by atoms with Crippen molar-refractivity contribution in [3.05, 3.63) is 251 Å². The Morgan fingerprint density at radius 1 is 0.443 bits per heavy atom. The molecule has 7 N–H and O–H groups in total. The van der Waals surface area contributed by atoms with Gasteiger partial charge in [-0.15, -0.1) is 0 Å². The van der Waals surface area contributed by atoms with Crippen LogP contribution in [0.4, 0.5) is 50.9 Å². The minimum Gasteiger partial charge on any atom is -0.342 e. The minimum absolute atomic E-state index is 0.0265. The number of benzene rings is 9. The number of nitrogens with one attached hydrogen (secondary N) is 5. The van der Waals surface area contributed by atoms with Crippen LogP contribution in [0.15, 0.2) is 205 Å². The van der Waals surface area contributed by atoms with Crippen molar-refractivity contribution in [2.75, 3.05) is 15.7 Å². The van der Waals surface area contributed by atoms with Crippen LogP contribution in [0.1, 0.15) is 62.6 Å². The number of Topliss-reactive ketones (excluding diaryl/α,β-unsaturated/α-hetero) is 1. The van der Waals surface area contributed by atoms with Gasteiger partial charge in [0.25, 0.3) is 0 Å². The number of H-pyrrole nitrogens is 3. The number of ketones is 1. The van der Waals surface area contributed by atoms with E-state index in [1.807, 2.05) is 54.6 Å². The van der Waals surface area contributed by atoms with Crippen molar-refractivity contribution >= 4 is 80.3 Å². The first kappa shape index (κ1) is 69.7. The summed E-state index contributed by atoms with van der Waals surface area (Å²) in [6, 6.07) is 53.4. The molecule has 16 nitrogen and oxygen atoms in total. The maximum atomic E-state index is 12.9. The van der Waals surface area contributed by atoms with Gasteiger partial charge in [-0.1, -0.05) is 127 Å². The Bertz CT molecular complexity index is 5230. The van der Waals surface area contributed by atoms with Crippen LogP contribution < -0.4 is 14.6 Å². The number of aryl methyl sites for hydroxylation is 6. The highest BCUT2D eigenvalue weighted by Crippen LogP contribution is 2.36. The number of nitrogens with zero attached hydrogens (tertiary/aromatic N) is 3. The van der Waals surface area contributed by atoms with E-state index in [9.17, 15) is 69.6 Å². The molecule has 0 bridgehead atoms. The molecule has 0 aliphatic heterocycles. The van der Waals surface area contributed by atoms with Crippen LogP contribution in [0.2, 0.25) is 0 Å².